The first-order valence-electron chi connectivity index (χ1n) is 10.3. The summed E-state index contributed by atoms with van der Waals surface area (Å²) < 4.78 is 2.33. The summed E-state index contributed by atoms with van der Waals surface area (Å²) in [7, 11) is 0. The van der Waals surface area contributed by atoms with Gasteiger partial charge in [-0.2, -0.15) is 0 Å². The zero-order valence-corrected chi connectivity index (χ0v) is 17.7. The average Bonchev–Trinajstić information content (AvgIpc) is 2.86. The second kappa shape index (κ2) is 9.30. The first-order chi connectivity index (χ1) is 13.7. The van der Waals surface area contributed by atoms with E-state index in [0.29, 0.717) is 10.0 Å². The highest BCUT2D eigenvalue weighted by molar-refractivity contribution is 6.42. The number of hydrogen-bond donors (Lipinski definition) is 0. The number of rotatable bonds is 6. The predicted molar refractivity (Wildman–Crippen MR) is 119 cm³/mol. The molecule has 1 fully saturated rings. The number of likely N-dealkylation sites (tertiary alicyclic amines) is 1. The smallest absolute Gasteiger partial charge is 0.110 e. The lowest BCUT2D eigenvalue weighted by Crippen LogP contribution is -2.26. The molecule has 3 nitrogen and oxygen atoms in total. The van der Waals surface area contributed by atoms with Crippen LogP contribution < -0.4 is 0 Å². The molecule has 148 valence electrons. The highest BCUT2D eigenvalue weighted by Gasteiger charge is 2.13. The van der Waals surface area contributed by atoms with Crippen molar-refractivity contribution in [1.29, 1.82) is 0 Å². The molecule has 1 saturated heterocycles. The highest BCUT2D eigenvalue weighted by atomic mass is 35.5. The Labute approximate surface area is 177 Å². The van der Waals surface area contributed by atoms with Crippen LogP contribution in [0, 0.1) is 0 Å². The lowest BCUT2D eigenvalue weighted by molar-refractivity contribution is 0.280. The van der Waals surface area contributed by atoms with Gasteiger partial charge in [0.1, 0.15) is 5.82 Å². The molecule has 0 spiro atoms. The maximum atomic E-state index is 6.23. The van der Waals surface area contributed by atoms with E-state index in [0.717, 1.165) is 42.8 Å². The quantitative estimate of drug-likeness (QED) is 0.477. The number of fused-ring (bicyclic) bond motifs is 1. The van der Waals surface area contributed by atoms with Gasteiger partial charge in [-0.25, -0.2) is 4.98 Å². The number of imidazole rings is 1. The topological polar surface area (TPSA) is 21.1 Å². The molecule has 2 aromatic carbocycles. The van der Waals surface area contributed by atoms with Crippen LogP contribution >= 0.6 is 23.2 Å². The molecule has 0 N–H and O–H groups in total. The molecule has 0 unspecified atom stereocenters. The summed E-state index contributed by atoms with van der Waals surface area (Å²) in [4.78, 5) is 7.56. The maximum absolute atomic E-state index is 6.23. The molecule has 1 aromatic heterocycles. The van der Waals surface area contributed by atoms with Crippen LogP contribution in [0.25, 0.3) is 11.0 Å². The zero-order chi connectivity index (χ0) is 19.3. The summed E-state index contributed by atoms with van der Waals surface area (Å²) in [5, 5.41) is 1.20. The summed E-state index contributed by atoms with van der Waals surface area (Å²) >= 11 is 12.3. The zero-order valence-electron chi connectivity index (χ0n) is 16.2. The Balaban J connectivity index is 1.52. The van der Waals surface area contributed by atoms with Gasteiger partial charge < -0.3 is 9.47 Å². The van der Waals surface area contributed by atoms with Crippen LogP contribution in [0.5, 0.6) is 0 Å². The minimum absolute atomic E-state index is 0.596. The van der Waals surface area contributed by atoms with Gasteiger partial charge in [-0.3, -0.25) is 0 Å². The molecule has 0 bridgehead atoms. The third kappa shape index (κ3) is 4.71. The van der Waals surface area contributed by atoms with E-state index in [9.17, 15) is 0 Å². The van der Waals surface area contributed by atoms with E-state index in [4.69, 9.17) is 28.2 Å². The van der Waals surface area contributed by atoms with Gasteiger partial charge >= 0.3 is 0 Å². The van der Waals surface area contributed by atoms with Gasteiger partial charge in [-0.05, 0) is 68.7 Å². The van der Waals surface area contributed by atoms with E-state index in [1.807, 2.05) is 18.2 Å². The number of halogens is 2. The van der Waals surface area contributed by atoms with Crippen molar-refractivity contribution >= 4 is 34.2 Å². The number of para-hydroxylation sites is 2. The summed E-state index contributed by atoms with van der Waals surface area (Å²) in [6.07, 6.45) is 7.59. The van der Waals surface area contributed by atoms with E-state index in [2.05, 4.69) is 33.7 Å². The van der Waals surface area contributed by atoms with E-state index in [1.165, 1.54) is 44.3 Å². The lowest BCUT2D eigenvalue weighted by Gasteiger charge is -2.19. The Morgan fingerprint density at radius 1 is 0.893 bits per heavy atom. The average molecular weight is 416 g/mol. The molecule has 1 aliphatic heterocycles. The minimum Gasteiger partial charge on any atom is -0.323 e. The molecule has 2 heterocycles. The third-order valence-electron chi connectivity index (χ3n) is 5.63. The summed E-state index contributed by atoms with van der Waals surface area (Å²) in [5.74, 6) is 1.15. The molecule has 0 radical (unpaired) electrons. The normalized spacial score (nSPS) is 15.8. The van der Waals surface area contributed by atoms with Crippen LogP contribution in [-0.4, -0.2) is 34.1 Å². The first kappa shape index (κ1) is 19.8. The maximum Gasteiger partial charge on any atom is 0.110 e. The van der Waals surface area contributed by atoms with Gasteiger partial charge in [0.15, 0.2) is 0 Å². The molecule has 0 saturated carbocycles. The van der Waals surface area contributed by atoms with Crippen LogP contribution in [0.2, 0.25) is 10.0 Å². The van der Waals surface area contributed by atoms with Gasteiger partial charge in [0.25, 0.3) is 0 Å². The van der Waals surface area contributed by atoms with Crippen molar-refractivity contribution in [2.75, 3.05) is 19.6 Å². The number of aromatic nitrogens is 2. The van der Waals surface area contributed by atoms with Crippen molar-refractivity contribution in [3.05, 3.63) is 63.9 Å². The second-order valence-electron chi connectivity index (χ2n) is 7.71. The number of nitrogens with zero attached hydrogens (tertiary/aromatic N) is 3. The van der Waals surface area contributed by atoms with Crippen LogP contribution in [0.1, 0.15) is 43.5 Å². The standard InChI is InChI=1S/C23H27Cl2N3/c24-19-12-11-18(16-20(19)25)17-28-22-9-4-3-8-21(22)26-23(28)10-7-15-27-13-5-1-2-6-14-27/h3-4,8-9,11-12,16H,1-2,5-7,10,13-15,17H2. The Hall–Kier alpha value is -1.55. The van der Waals surface area contributed by atoms with Gasteiger partial charge in [0.05, 0.1) is 21.1 Å². The largest absolute Gasteiger partial charge is 0.323 e. The molecule has 0 aliphatic carbocycles. The van der Waals surface area contributed by atoms with Crippen LogP contribution in [-0.2, 0) is 13.0 Å². The summed E-state index contributed by atoms with van der Waals surface area (Å²) in [6, 6.07) is 14.3. The Bertz CT molecular complexity index is 927. The molecule has 0 atom stereocenters. The Morgan fingerprint density at radius 3 is 2.46 bits per heavy atom. The fraction of sp³-hybridized carbons (Fsp3) is 0.435. The predicted octanol–water partition coefficient (Wildman–Crippen LogP) is 6.20. The number of hydrogen-bond acceptors (Lipinski definition) is 2. The number of aryl methyl sites for hydroxylation is 1. The summed E-state index contributed by atoms with van der Waals surface area (Å²) in [6.45, 7) is 4.42. The molecule has 3 aromatic rings. The minimum atomic E-state index is 0.596. The van der Waals surface area contributed by atoms with Crippen molar-refractivity contribution in [2.24, 2.45) is 0 Å². The van der Waals surface area contributed by atoms with Crippen molar-refractivity contribution < 1.29 is 0 Å². The van der Waals surface area contributed by atoms with Crippen molar-refractivity contribution in [1.82, 2.24) is 14.5 Å². The molecule has 4 rings (SSSR count). The number of benzene rings is 2. The van der Waals surface area contributed by atoms with E-state index < -0.39 is 0 Å². The van der Waals surface area contributed by atoms with Crippen molar-refractivity contribution in [3.8, 4) is 0 Å². The third-order valence-corrected chi connectivity index (χ3v) is 6.37. The van der Waals surface area contributed by atoms with E-state index in [1.54, 1.807) is 0 Å². The molecule has 1 aliphatic rings. The molecule has 28 heavy (non-hydrogen) atoms. The second-order valence-corrected chi connectivity index (χ2v) is 8.53. The molecule has 5 heteroatoms. The fourth-order valence-electron chi connectivity index (χ4n) is 4.13. The molecular formula is C23H27Cl2N3. The Kier molecular flexibility index (Phi) is 6.56. The van der Waals surface area contributed by atoms with Crippen LogP contribution in [0.3, 0.4) is 0 Å². The molecule has 0 amide bonds. The highest BCUT2D eigenvalue weighted by Crippen LogP contribution is 2.25. The van der Waals surface area contributed by atoms with Crippen LogP contribution in [0.4, 0.5) is 0 Å². The SMILES string of the molecule is Clc1ccc(Cn2c(CCCN3CCCCCC3)nc3ccccc32)cc1Cl. The monoisotopic (exact) mass is 415 g/mol. The van der Waals surface area contributed by atoms with Gasteiger partial charge in [0.2, 0.25) is 0 Å². The first-order valence-corrected chi connectivity index (χ1v) is 11.1. The Morgan fingerprint density at radius 2 is 1.68 bits per heavy atom. The van der Waals surface area contributed by atoms with Gasteiger partial charge in [-0.1, -0.05) is 54.2 Å². The lowest BCUT2D eigenvalue weighted by atomic mass is 10.2. The fourth-order valence-corrected chi connectivity index (χ4v) is 4.45. The van der Waals surface area contributed by atoms with Gasteiger partial charge in [-0.15, -0.1) is 0 Å². The summed E-state index contributed by atoms with van der Waals surface area (Å²) in [5.41, 5.74) is 3.39. The van der Waals surface area contributed by atoms with Gasteiger partial charge in [0, 0.05) is 13.0 Å². The van der Waals surface area contributed by atoms with E-state index in [-0.39, 0.29) is 0 Å². The van der Waals surface area contributed by atoms with Crippen molar-refractivity contribution in [2.45, 2.75) is 45.1 Å². The van der Waals surface area contributed by atoms with Crippen LogP contribution in [0.15, 0.2) is 42.5 Å². The van der Waals surface area contributed by atoms with Crippen molar-refractivity contribution in [3.63, 3.8) is 0 Å². The molecular weight excluding hydrogens is 389 g/mol. The van der Waals surface area contributed by atoms with E-state index >= 15 is 0 Å².